The van der Waals surface area contributed by atoms with Gasteiger partial charge in [0.2, 0.25) is 0 Å². The highest BCUT2D eigenvalue weighted by molar-refractivity contribution is 14.0. The van der Waals surface area contributed by atoms with Gasteiger partial charge in [0.25, 0.3) is 0 Å². The van der Waals surface area contributed by atoms with Crippen molar-refractivity contribution >= 4 is 41.3 Å². The van der Waals surface area contributed by atoms with Crippen LogP contribution < -0.4 is 10.6 Å². The normalized spacial score (nSPS) is 13.0. The fourth-order valence-electron chi connectivity index (χ4n) is 1.48. The van der Waals surface area contributed by atoms with Crippen LogP contribution in [0, 0.1) is 12.8 Å². The van der Waals surface area contributed by atoms with Gasteiger partial charge in [-0.1, -0.05) is 13.8 Å². The third-order valence-electron chi connectivity index (χ3n) is 2.97. The third kappa shape index (κ3) is 7.42. The summed E-state index contributed by atoms with van der Waals surface area (Å²) < 4.78 is 0. The van der Waals surface area contributed by atoms with E-state index in [-0.39, 0.29) is 24.0 Å². The number of hydrogen-bond donors (Lipinski definition) is 2. The monoisotopic (exact) mass is 410 g/mol. The number of guanidine groups is 1. The summed E-state index contributed by atoms with van der Waals surface area (Å²) in [6.45, 7) is 12.4. The summed E-state index contributed by atoms with van der Waals surface area (Å²) in [5, 5.41) is 7.87. The van der Waals surface area contributed by atoms with Gasteiger partial charge in [0, 0.05) is 36.6 Å². The van der Waals surface area contributed by atoms with Gasteiger partial charge in [-0.15, -0.1) is 35.3 Å². The van der Waals surface area contributed by atoms with Gasteiger partial charge >= 0.3 is 0 Å². The van der Waals surface area contributed by atoms with Crippen LogP contribution >= 0.6 is 35.3 Å². The summed E-state index contributed by atoms with van der Waals surface area (Å²) in [6, 6.07) is 0.417. The molecule has 0 saturated heterocycles. The topological polar surface area (TPSA) is 49.3 Å². The van der Waals surface area contributed by atoms with Crippen LogP contribution in [0.25, 0.3) is 0 Å². The number of thiazole rings is 1. The number of hydrogen-bond acceptors (Lipinski definition) is 3. The summed E-state index contributed by atoms with van der Waals surface area (Å²) in [6.07, 6.45) is 2.83. The number of aryl methyl sites for hydroxylation is 1. The molecule has 2 N–H and O–H groups in total. The molecule has 116 valence electrons. The molecule has 0 aliphatic heterocycles. The van der Waals surface area contributed by atoms with Crippen molar-refractivity contribution < 1.29 is 0 Å². The van der Waals surface area contributed by atoms with E-state index >= 15 is 0 Å². The fraction of sp³-hybridized carbons (Fsp3) is 0.714. The van der Waals surface area contributed by atoms with Crippen molar-refractivity contribution in [3.8, 4) is 0 Å². The quantitative estimate of drug-likeness (QED) is 0.430. The molecule has 6 heteroatoms. The van der Waals surface area contributed by atoms with E-state index in [1.807, 2.05) is 6.20 Å². The van der Waals surface area contributed by atoms with E-state index < -0.39 is 0 Å². The van der Waals surface area contributed by atoms with Crippen molar-refractivity contribution in [1.29, 1.82) is 0 Å². The Morgan fingerprint density at radius 2 is 2.10 bits per heavy atom. The van der Waals surface area contributed by atoms with Gasteiger partial charge in [-0.2, -0.15) is 0 Å². The largest absolute Gasteiger partial charge is 0.357 e. The molecule has 0 radical (unpaired) electrons. The maximum atomic E-state index is 4.60. The lowest BCUT2D eigenvalue weighted by Gasteiger charge is -2.20. The Bertz CT molecular complexity index is 404. The second-order valence-corrected chi connectivity index (χ2v) is 6.37. The highest BCUT2D eigenvalue weighted by Crippen LogP contribution is 2.11. The van der Waals surface area contributed by atoms with E-state index in [2.05, 4.69) is 55.2 Å². The molecule has 1 rings (SSSR count). The third-order valence-corrected chi connectivity index (χ3v) is 3.95. The van der Waals surface area contributed by atoms with Crippen LogP contribution in [-0.4, -0.2) is 30.1 Å². The Hall–Kier alpha value is -0.370. The second-order valence-electron chi connectivity index (χ2n) is 5.05. The van der Waals surface area contributed by atoms with Gasteiger partial charge < -0.3 is 10.6 Å². The minimum Gasteiger partial charge on any atom is -0.357 e. The van der Waals surface area contributed by atoms with Crippen LogP contribution in [0.3, 0.4) is 0 Å². The smallest absolute Gasteiger partial charge is 0.191 e. The first-order chi connectivity index (χ1) is 9.02. The standard InChI is InChI=1S/C14H26N4S.HI/c1-6-15-14(18-12(5)10(2)3)16-8-7-13-17-9-11(4)19-13;/h9-10,12H,6-8H2,1-5H3,(H2,15,16,18);1H. The predicted molar refractivity (Wildman–Crippen MR) is 99.4 cm³/mol. The van der Waals surface area contributed by atoms with E-state index in [4.69, 9.17) is 0 Å². The molecule has 0 aliphatic rings. The zero-order valence-electron chi connectivity index (χ0n) is 13.1. The van der Waals surface area contributed by atoms with Crippen LogP contribution in [0.5, 0.6) is 0 Å². The number of nitrogens with one attached hydrogen (secondary N) is 2. The Kier molecular flexibility index (Phi) is 10.2. The van der Waals surface area contributed by atoms with Crippen molar-refractivity contribution in [2.75, 3.05) is 13.1 Å². The highest BCUT2D eigenvalue weighted by Gasteiger charge is 2.08. The average Bonchev–Trinajstić information content (AvgIpc) is 2.75. The van der Waals surface area contributed by atoms with Gasteiger partial charge in [0.15, 0.2) is 5.96 Å². The number of aromatic nitrogens is 1. The Balaban J connectivity index is 0.00000361. The van der Waals surface area contributed by atoms with Crippen LogP contribution in [0.2, 0.25) is 0 Å². The van der Waals surface area contributed by atoms with E-state index in [1.165, 1.54) is 4.88 Å². The van der Waals surface area contributed by atoms with E-state index in [0.717, 1.165) is 30.5 Å². The molecular formula is C14H27IN4S. The fourth-order valence-corrected chi connectivity index (χ4v) is 2.26. The van der Waals surface area contributed by atoms with Crippen molar-refractivity contribution in [2.45, 2.75) is 47.1 Å². The molecule has 0 aromatic carbocycles. The molecule has 20 heavy (non-hydrogen) atoms. The molecule has 0 spiro atoms. The Labute approximate surface area is 143 Å². The zero-order chi connectivity index (χ0) is 14.3. The molecule has 0 saturated carbocycles. The lowest BCUT2D eigenvalue weighted by atomic mass is 10.1. The summed E-state index contributed by atoms with van der Waals surface area (Å²) in [7, 11) is 0. The van der Waals surface area contributed by atoms with Gasteiger partial charge in [-0.05, 0) is 26.7 Å². The molecule has 0 amide bonds. The maximum absolute atomic E-state index is 4.60. The SMILES string of the molecule is CCNC(=NCCc1ncc(C)s1)NC(C)C(C)C.I. The van der Waals surface area contributed by atoms with Gasteiger partial charge in [-0.3, -0.25) is 4.99 Å². The molecule has 1 aromatic heterocycles. The zero-order valence-corrected chi connectivity index (χ0v) is 16.2. The molecule has 1 heterocycles. The molecule has 0 fully saturated rings. The highest BCUT2D eigenvalue weighted by atomic mass is 127. The summed E-state index contributed by atoms with van der Waals surface area (Å²) in [5.41, 5.74) is 0. The number of halogens is 1. The van der Waals surface area contributed by atoms with Crippen molar-refractivity contribution in [3.05, 3.63) is 16.1 Å². The first-order valence-electron chi connectivity index (χ1n) is 6.99. The van der Waals surface area contributed by atoms with Crippen molar-refractivity contribution in [3.63, 3.8) is 0 Å². The van der Waals surface area contributed by atoms with E-state index in [1.54, 1.807) is 11.3 Å². The number of rotatable bonds is 6. The van der Waals surface area contributed by atoms with Gasteiger partial charge in [0.05, 0.1) is 5.01 Å². The van der Waals surface area contributed by atoms with E-state index in [0.29, 0.717) is 12.0 Å². The Morgan fingerprint density at radius 1 is 1.40 bits per heavy atom. The molecule has 0 aliphatic carbocycles. The van der Waals surface area contributed by atoms with Crippen molar-refractivity contribution in [2.24, 2.45) is 10.9 Å². The summed E-state index contributed by atoms with van der Waals surface area (Å²) in [4.78, 5) is 10.2. The molecule has 4 nitrogen and oxygen atoms in total. The summed E-state index contributed by atoms with van der Waals surface area (Å²) in [5.74, 6) is 1.49. The first-order valence-corrected chi connectivity index (χ1v) is 7.80. The second kappa shape index (κ2) is 10.4. The van der Waals surface area contributed by atoms with Crippen LogP contribution in [0.4, 0.5) is 0 Å². The minimum absolute atomic E-state index is 0. The maximum Gasteiger partial charge on any atom is 0.191 e. The Morgan fingerprint density at radius 3 is 2.60 bits per heavy atom. The molecular weight excluding hydrogens is 383 g/mol. The molecule has 1 unspecified atom stereocenters. The lowest BCUT2D eigenvalue weighted by molar-refractivity contribution is 0.481. The minimum atomic E-state index is 0. The van der Waals surface area contributed by atoms with E-state index in [9.17, 15) is 0 Å². The molecule has 1 atom stereocenters. The van der Waals surface area contributed by atoms with Gasteiger partial charge in [0.1, 0.15) is 0 Å². The van der Waals surface area contributed by atoms with Crippen LogP contribution in [0.1, 0.15) is 37.6 Å². The number of aliphatic imine (C=N–C) groups is 1. The molecule has 1 aromatic rings. The number of nitrogens with zero attached hydrogens (tertiary/aromatic N) is 2. The summed E-state index contributed by atoms with van der Waals surface area (Å²) >= 11 is 1.75. The molecule has 0 bridgehead atoms. The lowest BCUT2D eigenvalue weighted by Crippen LogP contribution is -2.44. The average molecular weight is 410 g/mol. The first kappa shape index (κ1) is 19.6. The predicted octanol–water partition coefficient (Wildman–Crippen LogP) is 3.21. The van der Waals surface area contributed by atoms with Gasteiger partial charge in [-0.25, -0.2) is 4.98 Å². The van der Waals surface area contributed by atoms with Crippen molar-refractivity contribution in [1.82, 2.24) is 15.6 Å². The van der Waals surface area contributed by atoms with Crippen LogP contribution in [0.15, 0.2) is 11.2 Å². The van der Waals surface area contributed by atoms with Crippen LogP contribution in [-0.2, 0) is 6.42 Å².